The smallest absolute Gasteiger partial charge is 0.229 e. The van der Waals surface area contributed by atoms with Gasteiger partial charge >= 0.3 is 0 Å². The fourth-order valence-corrected chi connectivity index (χ4v) is 3.41. The van der Waals surface area contributed by atoms with Crippen LogP contribution in [0.1, 0.15) is 11.1 Å². The zero-order valence-electron chi connectivity index (χ0n) is 12.2. The summed E-state index contributed by atoms with van der Waals surface area (Å²) in [5.41, 5.74) is 1.16. The summed E-state index contributed by atoms with van der Waals surface area (Å²) in [6.07, 6.45) is 0.994. The van der Waals surface area contributed by atoms with Crippen molar-refractivity contribution in [3.8, 4) is 6.07 Å². The zero-order valence-corrected chi connectivity index (χ0v) is 13.9. The third-order valence-electron chi connectivity index (χ3n) is 2.86. The van der Waals surface area contributed by atoms with Crippen molar-refractivity contribution < 1.29 is 17.2 Å². The Morgan fingerprint density at radius 1 is 1.17 bits per heavy atom. The van der Waals surface area contributed by atoms with E-state index in [4.69, 9.17) is 5.26 Å². The molecule has 0 atom stereocenters. The number of hydrogen-bond acceptors (Lipinski definition) is 4. The number of nitrogens with one attached hydrogen (secondary N) is 1. The minimum absolute atomic E-state index is 0.121. The van der Waals surface area contributed by atoms with Crippen LogP contribution in [0.2, 0.25) is 0 Å². The van der Waals surface area contributed by atoms with E-state index in [1.807, 2.05) is 6.07 Å². The van der Waals surface area contributed by atoms with Gasteiger partial charge in [-0.05, 0) is 36.8 Å². The minimum atomic E-state index is -3.55. The molecule has 0 aliphatic rings. The van der Waals surface area contributed by atoms with E-state index in [0.29, 0.717) is 16.0 Å². The number of anilines is 1. The van der Waals surface area contributed by atoms with Crippen LogP contribution in [0, 0.1) is 29.9 Å². The summed E-state index contributed by atoms with van der Waals surface area (Å²) < 4.78 is 52.1. The van der Waals surface area contributed by atoms with Gasteiger partial charge in [0.25, 0.3) is 0 Å². The molecule has 0 aliphatic carbocycles. The Labute approximate surface area is 137 Å². The average Bonchev–Trinajstić information content (AvgIpc) is 2.42. The molecule has 4 nitrogen and oxygen atoms in total. The second-order valence-corrected chi connectivity index (χ2v) is 7.66. The van der Waals surface area contributed by atoms with E-state index in [1.165, 1.54) is 18.2 Å². The number of aryl methyl sites for hydroxylation is 1. The predicted molar refractivity (Wildman–Crippen MR) is 84.8 cm³/mol. The average molecular weight is 354 g/mol. The van der Waals surface area contributed by atoms with E-state index >= 15 is 0 Å². The summed E-state index contributed by atoms with van der Waals surface area (Å²) in [5.74, 6) is -1.47. The molecule has 0 heterocycles. The van der Waals surface area contributed by atoms with Crippen molar-refractivity contribution in [2.75, 3.05) is 11.0 Å². The summed E-state index contributed by atoms with van der Waals surface area (Å²) in [6.45, 7) is 1.67. The SMILES string of the molecule is Cc1cc(NS(C)(=O)=O)c(Sc2ccc(F)cc2F)cc1C#N. The van der Waals surface area contributed by atoms with Crippen LogP contribution in [0.5, 0.6) is 0 Å². The highest BCUT2D eigenvalue weighted by atomic mass is 32.2. The Balaban J connectivity index is 2.52. The van der Waals surface area contributed by atoms with Gasteiger partial charge in [-0.15, -0.1) is 0 Å². The van der Waals surface area contributed by atoms with Gasteiger partial charge in [-0.1, -0.05) is 11.8 Å². The molecule has 1 N–H and O–H groups in total. The first kappa shape index (κ1) is 17.2. The van der Waals surface area contributed by atoms with Crippen LogP contribution in [0.4, 0.5) is 14.5 Å². The van der Waals surface area contributed by atoms with E-state index in [1.54, 1.807) is 6.92 Å². The summed E-state index contributed by atoms with van der Waals surface area (Å²) in [4.78, 5) is 0.471. The first-order valence-corrected chi connectivity index (χ1v) is 9.06. The Kier molecular flexibility index (Phi) is 4.92. The number of hydrogen-bond donors (Lipinski definition) is 1. The number of rotatable bonds is 4. The molecule has 8 heteroatoms. The van der Waals surface area contributed by atoms with Gasteiger partial charge in [-0.3, -0.25) is 4.72 Å². The van der Waals surface area contributed by atoms with Gasteiger partial charge in [0.15, 0.2) is 0 Å². The molecular weight excluding hydrogens is 342 g/mol. The van der Waals surface area contributed by atoms with Crippen LogP contribution < -0.4 is 4.72 Å². The van der Waals surface area contributed by atoms with Crippen LogP contribution in [0.3, 0.4) is 0 Å². The van der Waals surface area contributed by atoms with Gasteiger partial charge in [0.2, 0.25) is 10.0 Å². The third-order valence-corrected chi connectivity index (χ3v) is 4.56. The Morgan fingerprint density at radius 2 is 1.87 bits per heavy atom. The van der Waals surface area contributed by atoms with Crippen molar-refractivity contribution in [2.24, 2.45) is 0 Å². The lowest BCUT2D eigenvalue weighted by Crippen LogP contribution is -2.10. The lowest BCUT2D eigenvalue weighted by molar-refractivity contribution is 0.565. The highest BCUT2D eigenvalue weighted by Gasteiger charge is 2.14. The molecule has 0 bridgehead atoms. The van der Waals surface area contributed by atoms with Gasteiger partial charge in [0, 0.05) is 15.9 Å². The van der Waals surface area contributed by atoms with Gasteiger partial charge < -0.3 is 0 Å². The highest BCUT2D eigenvalue weighted by molar-refractivity contribution is 7.99. The second kappa shape index (κ2) is 6.56. The molecule has 2 aromatic rings. The maximum Gasteiger partial charge on any atom is 0.229 e. The molecule has 0 fully saturated rings. The van der Waals surface area contributed by atoms with Gasteiger partial charge in [0.1, 0.15) is 11.6 Å². The summed E-state index contributed by atoms with van der Waals surface area (Å²) in [6, 6.07) is 8.07. The van der Waals surface area contributed by atoms with Crippen LogP contribution in [-0.2, 0) is 10.0 Å². The molecular formula is C15H12F2N2O2S2. The molecule has 0 amide bonds. The van der Waals surface area contributed by atoms with Gasteiger partial charge in [-0.2, -0.15) is 5.26 Å². The van der Waals surface area contributed by atoms with E-state index in [2.05, 4.69) is 4.72 Å². The molecule has 0 radical (unpaired) electrons. The molecule has 0 aliphatic heterocycles. The van der Waals surface area contributed by atoms with Crippen molar-refractivity contribution in [3.05, 3.63) is 53.1 Å². The zero-order chi connectivity index (χ0) is 17.2. The van der Waals surface area contributed by atoms with Crippen molar-refractivity contribution in [3.63, 3.8) is 0 Å². The number of nitriles is 1. The quantitative estimate of drug-likeness (QED) is 0.909. The molecule has 23 heavy (non-hydrogen) atoms. The summed E-state index contributed by atoms with van der Waals surface area (Å²) in [7, 11) is -3.55. The van der Waals surface area contributed by atoms with Gasteiger partial charge in [0.05, 0.1) is 23.6 Å². The lowest BCUT2D eigenvalue weighted by atomic mass is 10.1. The van der Waals surface area contributed by atoms with E-state index in [9.17, 15) is 17.2 Å². The summed E-state index contributed by atoms with van der Waals surface area (Å²) in [5, 5.41) is 9.10. The summed E-state index contributed by atoms with van der Waals surface area (Å²) >= 11 is 0.909. The van der Waals surface area contributed by atoms with Crippen LogP contribution >= 0.6 is 11.8 Å². The van der Waals surface area contributed by atoms with Crippen LogP contribution in [0.25, 0.3) is 0 Å². The van der Waals surface area contributed by atoms with Crippen molar-refractivity contribution >= 4 is 27.5 Å². The van der Waals surface area contributed by atoms with Crippen LogP contribution in [0.15, 0.2) is 40.1 Å². The maximum absolute atomic E-state index is 13.8. The largest absolute Gasteiger partial charge is 0.283 e. The molecule has 2 rings (SSSR count). The third kappa shape index (κ3) is 4.43. The molecule has 0 aromatic heterocycles. The normalized spacial score (nSPS) is 11.1. The Morgan fingerprint density at radius 3 is 2.43 bits per heavy atom. The fraction of sp³-hybridized carbons (Fsp3) is 0.133. The Bertz CT molecular complexity index is 906. The maximum atomic E-state index is 13.8. The predicted octanol–water partition coefficient (Wildman–Crippen LogP) is 3.67. The van der Waals surface area contributed by atoms with Crippen molar-refractivity contribution in [1.29, 1.82) is 5.26 Å². The number of sulfonamides is 1. The first-order valence-electron chi connectivity index (χ1n) is 6.35. The number of nitrogens with zero attached hydrogens (tertiary/aromatic N) is 1. The topological polar surface area (TPSA) is 70.0 Å². The molecule has 0 saturated heterocycles. The highest BCUT2D eigenvalue weighted by Crippen LogP contribution is 2.37. The monoisotopic (exact) mass is 354 g/mol. The van der Waals surface area contributed by atoms with E-state index in [0.717, 1.165) is 30.2 Å². The molecule has 120 valence electrons. The van der Waals surface area contributed by atoms with Gasteiger partial charge in [-0.25, -0.2) is 17.2 Å². The van der Waals surface area contributed by atoms with E-state index < -0.39 is 21.7 Å². The molecule has 0 unspecified atom stereocenters. The Hall–Kier alpha value is -2.11. The minimum Gasteiger partial charge on any atom is -0.283 e. The van der Waals surface area contributed by atoms with Crippen molar-refractivity contribution in [2.45, 2.75) is 16.7 Å². The second-order valence-electron chi connectivity index (χ2n) is 4.83. The molecule has 2 aromatic carbocycles. The van der Waals surface area contributed by atoms with Crippen molar-refractivity contribution in [1.82, 2.24) is 0 Å². The van der Waals surface area contributed by atoms with E-state index in [-0.39, 0.29) is 10.6 Å². The number of halogens is 2. The van der Waals surface area contributed by atoms with Crippen LogP contribution in [-0.4, -0.2) is 14.7 Å². The lowest BCUT2D eigenvalue weighted by Gasteiger charge is -2.13. The molecule has 0 saturated carbocycles. The molecule has 0 spiro atoms. The standard InChI is InChI=1S/C15H12F2N2O2S2/c1-9-5-13(19-23(2,20)21)15(6-10(9)8-18)22-14-4-3-11(16)7-12(14)17/h3-7,19H,1-2H3. The number of benzene rings is 2. The first-order chi connectivity index (χ1) is 10.7. The fourth-order valence-electron chi connectivity index (χ4n) is 1.85.